The molecule has 0 aromatic heterocycles. The molecule has 8 heteroatoms. The van der Waals surface area contributed by atoms with Crippen LogP contribution in [-0.4, -0.2) is 38.4 Å². The average molecular weight is 310 g/mol. The maximum absolute atomic E-state index is 12.2. The van der Waals surface area contributed by atoms with Crippen molar-refractivity contribution in [1.82, 2.24) is 10.6 Å². The van der Waals surface area contributed by atoms with E-state index in [0.717, 1.165) is 6.26 Å². The highest BCUT2D eigenvalue weighted by Gasteiger charge is 2.29. The van der Waals surface area contributed by atoms with Crippen molar-refractivity contribution < 1.29 is 22.8 Å². The molecule has 0 bridgehead atoms. The van der Waals surface area contributed by atoms with Crippen molar-refractivity contribution in [3.63, 3.8) is 0 Å². The fraction of sp³-hybridized carbons (Fsp3) is 0.308. The molecule has 3 amide bonds. The number of benzene rings is 1. The Kier molecular flexibility index (Phi) is 4.08. The number of carbonyl (C=O) groups excluding carboxylic acids is 3. The lowest BCUT2D eigenvalue weighted by Crippen LogP contribution is -2.52. The zero-order valence-electron chi connectivity index (χ0n) is 11.3. The number of hydrogen-bond donors (Lipinski definition) is 2. The molecule has 1 saturated heterocycles. The minimum Gasteiger partial charge on any atom is -0.340 e. The maximum Gasteiger partial charge on any atom is 0.253 e. The number of carbonyl (C=O) groups is 3. The number of sulfone groups is 1. The zero-order valence-corrected chi connectivity index (χ0v) is 12.1. The average Bonchev–Trinajstić information content (AvgIpc) is 2.41. The van der Waals surface area contributed by atoms with E-state index in [1.807, 2.05) is 0 Å². The summed E-state index contributed by atoms with van der Waals surface area (Å²) in [4.78, 5) is 34.7. The van der Waals surface area contributed by atoms with Gasteiger partial charge in [0.1, 0.15) is 6.04 Å². The number of piperidine rings is 1. The molecule has 1 aliphatic rings. The van der Waals surface area contributed by atoms with Gasteiger partial charge < -0.3 is 5.32 Å². The second-order valence-electron chi connectivity index (χ2n) is 4.75. The van der Waals surface area contributed by atoms with Crippen LogP contribution in [0, 0.1) is 0 Å². The third kappa shape index (κ3) is 3.46. The van der Waals surface area contributed by atoms with E-state index in [2.05, 4.69) is 10.6 Å². The Morgan fingerprint density at radius 1 is 1.29 bits per heavy atom. The summed E-state index contributed by atoms with van der Waals surface area (Å²) in [5.74, 6) is -1.64. The highest BCUT2D eigenvalue weighted by atomic mass is 32.2. The molecule has 2 N–H and O–H groups in total. The molecule has 112 valence electrons. The molecular weight excluding hydrogens is 296 g/mol. The van der Waals surface area contributed by atoms with Gasteiger partial charge in [0.05, 0.1) is 10.5 Å². The van der Waals surface area contributed by atoms with Gasteiger partial charge in [-0.15, -0.1) is 0 Å². The van der Waals surface area contributed by atoms with Gasteiger partial charge in [0.15, 0.2) is 9.84 Å². The molecule has 1 unspecified atom stereocenters. The number of nitrogens with one attached hydrogen (secondary N) is 2. The second-order valence-corrected chi connectivity index (χ2v) is 6.73. The van der Waals surface area contributed by atoms with Gasteiger partial charge in [-0.05, 0) is 18.6 Å². The molecule has 0 spiro atoms. The number of imide groups is 1. The van der Waals surface area contributed by atoms with Gasteiger partial charge in [-0.2, -0.15) is 0 Å². The fourth-order valence-corrected chi connectivity index (χ4v) is 2.93. The number of amides is 3. The molecule has 0 aliphatic carbocycles. The molecule has 21 heavy (non-hydrogen) atoms. The SMILES string of the molecule is CS(=O)(=O)c1ccccc1C(=O)NC1CCC(=O)NC1=O. The normalized spacial score (nSPS) is 19.0. The van der Waals surface area contributed by atoms with Gasteiger partial charge in [-0.25, -0.2) is 8.42 Å². The quantitative estimate of drug-likeness (QED) is 0.740. The summed E-state index contributed by atoms with van der Waals surface area (Å²) in [6.45, 7) is 0. The van der Waals surface area contributed by atoms with E-state index in [-0.39, 0.29) is 29.2 Å². The first kappa shape index (κ1) is 15.2. The standard InChI is InChI=1S/C13H14N2O5S/c1-21(19,20)10-5-3-2-4-8(10)12(17)14-9-6-7-11(16)15-13(9)18/h2-5,9H,6-7H2,1H3,(H,14,17)(H,15,16,18). The molecule has 7 nitrogen and oxygen atoms in total. The van der Waals surface area contributed by atoms with E-state index >= 15 is 0 Å². The van der Waals surface area contributed by atoms with E-state index in [4.69, 9.17) is 0 Å². The summed E-state index contributed by atoms with van der Waals surface area (Å²) in [5.41, 5.74) is -0.0234. The van der Waals surface area contributed by atoms with Crippen LogP contribution in [0.5, 0.6) is 0 Å². The highest BCUT2D eigenvalue weighted by molar-refractivity contribution is 7.90. The first-order valence-electron chi connectivity index (χ1n) is 6.22. The molecule has 0 saturated carbocycles. The predicted octanol–water partition coefficient (Wildman–Crippen LogP) is -0.375. The van der Waals surface area contributed by atoms with Crippen LogP contribution in [0.2, 0.25) is 0 Å². The third-order valence-electron chi connectivity index (χ3n) is 3.08. The van der Waals surface area contributed by atoms with Crippen molar-refractivity contribution in [3.8, 4) is 0 Å². The van der Waals surface area contributed by atoms with Crippen molar-refractivity contribution in [2.75, 3.05) is 6.26 Å². The smallest absolute Gasteiger partial charge is 0.253 e. The topological polar surface area (TPSA) is 109 Å². The summed E-state index contributed by atoms with van der Waals surface area (Å²) >= 11 is 0. The van der Waals surface area contributed by atoms with Gasteiger partial charge in [0, 0.05) is 12.7 Å². The third-order valence-corrected chi connectivity index (χ3v) is 4.23. The lowest BCUT2D eigenvalue weighted by atomic mass is 10.1. The van der Waals surface area contributed by atoms with E-state index in [0.29, 0.717) is 0 Å². The molecule has 1 aromatic carbocycles. The molecule has 1 aromatic rings. The summed E-state index contributed by atoms with van der Waals surface area (Å²) in [6.07, 6.45) is 1.33. The van der Waals surface area contributed by atoms with Crippen LogP contribution in [0.15, 0.2) is 29.2 Å². The highest BCUT2D eigenvalue weighted by Crippen LogP contribution is 2.16. The Morgan fingerprint density at radius 2 is 1.95 bits per heavy atom. The van der Waals surface area contributed by atoms with Gasteiger partial charge in [-0.3, -0.25) is 19.7 Å². The molecule has 1 fully saturated rings. The number of rotatable bonds is 3. The summed E-state index contributed by atoms with van der Waals surface area (Å²) in [6, 6.07) is 4.90. The van der Waals surface area contributed by atoms with Crippen LogP contribution < -0.4 is 10.6 Å². The van der Waals surface area contributed by atoms with Crippen molar-refractivity contribution in [3.05, 3.63) is 29.8 Å². The van der Waals surface area contributed by atoms with Gasteiger partial charge >= 0.3 is 0 Å². The fourth-order valence-electron chi connectivity index (χ4n) is 2.04. The summed E-state index contributed by atoms with van der Waals surface area (Å²) < 4.78 is 23.3. The summed E-state index contributed by atoms with van der Waals surface area (Å²) in [5, 5.41) is 4.57. The minimum atomic E-state index is -3.56. The van der Waals surface area contributed by atoms with Crippen LogP contribution >= 0.6 is 0 Å². The van der Waals surface area contributed by atoms with Crippen molar-refractivity contribution >= 4 is 27.6 Å². The lowest BCUT2D eigenvalue weighted by Gasteiger charge is -2.22. The Morgan fingerprint density at radius 3 is 2.57 bits per heavy atom. The number of hydrogen-bond acceptors (Lipinski definition) is 5. The molecule has 0 radical (unpaired) electrons. The molecule has 1 aliphatic heterocycles. The molecular formula is C13H14N2O5S. The molecule has 2 rings (SSSR count). The first-order valence-corrected chi connectivity index (χ1v) is 8.12. The maximum atomic E-state index is 12.2. The second kappa shape index (κ2) is 5.65. The van der Waals surface area contributed by atoms with Gasteiger partial charge in [0.2, 0.25) is 11.8 Å². The van der Waals surface area contributed by atoms with Crippen molar-refractivity contribution in [2.24, 2.45) is 0 Å². The van der Waals surface area contributed by atoms with Crippen LogP contribution in [0.25, 0.3) is 0 Å². The largest absolute Gasteiger partial charge is 0.340 e. The molecule has 1 heterocycles. The van der Waals surface area contributed by atoms with Gasteiger partial charge in [-0.1, -0.05) is 12.1 Å². The Bertz CT molecular complexity index is 711. The van der Waals surface area contributed by atoms with Gasteiger partial charge in [0.25, 0.3) is 5.91 Å². The zero-order chi connectivity index (χ0) is 15.6. The van der Waals surface area contributed by atoms with E-state index < -0.39 is 27.7 Å². The minimum absolute atomic E-state index is 0.0234. The first-order chi connectivity index (χ1) is 9.79. The van der Waals surface area contributed by atoms with Crippen LogP contribution in [-0.2, 0) is 19.4 Å². The Balaban J connectivity index is 2.22. The Hall–Kier alpha value is -2.22. The van der Waals surface area contributed by atoms with Crippen LogP contribution in [0.4, 0.5) is 0 Å². The molecule has 1 atom stereocenters. The van der Waals surface area contributed by atoms with E-state index in [1.165, 1.54) is 24.3 Å². The van der Waals surface area contributed by atoms with E-state index in [1.54, 1.807) is 0 Å². The van der Waals surface area contributed by atoms with Crippen molar-refractivity contribution in [1.29, 1.82) is 0 Å². The van der Waals surface area contributed by atoms with E-state index in [9.17, 15) is 22.8 Å². The van der Waals surface area contributed by atoms with Crippen LogP contribution in [0.3, 0.4) is 0 Å². The lowest BCUT2D eigenvalue weighted by molar-refractivity contribution is -0.134. The van der Waals surface area contributed by atoms with Crippen LogP contribution in [0.1, 0.15) is 23.2 Å². The monoisotopic (exact) mass is 310 g/mol. The Labute approximate surface area is 121 Å². The predicted molar refractivity (Wildman–Crippen MR) is 73.2 cm³/mol. The van der Waals surface area contributed by atoms with Crippen molar-refractivity contribution in [2.45, 2.75) is 23.8 Å². The summed E-state index contributed by atoms with van der Waals surface area (Å²) in [7, 11) is -3.56.